The number of methoxy groups -OCH3 is 1. The average Bonchev–Trinajstić information content (AvgIpc) is 2.55. The first-order valence-corrected chi connectivity index (χ1v) is 7.60. The highest BCUT2D eigenvalue weighted by atomic mass is 16.5. The van der Waals surface area contributed by atoms with Crippen LogP contribution in [-0.4, -0.2) is 25.6 Å². The molecule has 0 heterocycles. The third kappa shape index (κ3) is 4.13. The standard InChI is InChI=1S/C19H21NO4/c1-12-6-5-7-13(2)18(12)24-11-17(21)20-16-9-8-15(10-14(16)3)19(22)23-4/h5-10H,11H2,1-4H3,(H,20,21). The zero-order valence-corrected chi connectivity index (χ0v) is 14.3. The minimum Gasteiger partial charge on any atom is -0.483 e. The van der Waals surface area contributed by atoms with Gasteiger partial charge in [0.05, 0.1) is 12.7 Å². The fourth-order valence-electron chi connectivity index (χ4n) is 2.40. The number of hydrogen-bond acceptors (Lipinski definition) is 4. The molecule has 0 bridgehead atoms. The molecule has 0 unspecified atom stereocenters. The van der Waals surface area contributed by atoms with E-state index in [0.29, 0.717) is 11.3 Å². The summed E-state index contributed by atoms with van der Waals surface area (Å²) in [6.45, 7) is 5.62. The molecule has 0 aliphatic carbocycles. The molecule has 1 amide bonds. The smallest absolute Gasteiger partial charge is 0.337 e. The summed E-state index contributed by atoms with van der Waals surface area (Å²) in [4.78, 5) is 23.6. The van der Waals surface area contributed by atoms with Gasteiger partial charge in [-0.25, -0.2) is 4.79 Å². The minimum absolute atomic E-state index is 0.0795. The topological polar surface area (TPSA) is 64.6 Å². The summed E-state index contributed by atoms with van der Waals surface area (Å²) in [6, 6.07) is 10.8. The zero-order valence-electron chi connectivity index (χ0n) is 14.3. The van der Waals surface area contributed by atoms with Crippen molar-refractivity contribution < 1.29 is 19.1 Å². The average molecular weight is 327 g/mol. The van der Waals surface area contributed by atoms with E-state index < -0.39 is 5.97 Å². The van der Waals surface area contributed by atoms with Crippen molar-refractivity contribution in [2.45, 2.75) is 20.8 Å². The monoisotopic (exact) mass is 327 g/mol. The van der Waals surface area contributed by atoms with Crippen LogP contribution in [0.2, 0.25) is 0 Å². The van der Waals surface area contributed by atoms with E-state index in [9.17, 15) is 9.59 Å². The molecule has 2 aromatic rings. The van der Waals surface area contributed by atoms with Gasteiger partial charge in [-0.05, 0) is 55.7 Å². The van der Waals surface area contributed by atoms with E-state index in [1.54, 1.807) is 18.2 Å². The lowest BCUT2D eigenvalue weighted by molar-refractivity contribution is -0.118. The number of aryl methyl sites for hydroxylation is 3. The molecule has 5 heteroatoms. The van der Waals surface area contributed by atoms with E-state index in [0.717, 1.165) is 22.4 Å². The van der Waals surface area contributed by atoms with Crippen LogP contribution in [0.3, 0.4) is 0 Å². The van der Waals surface area contributed by atoms with Crippen LogP contribution < -0.4 is 10.1 Å². The second kappa shape index (κ2) is 7.64. The number of esters is 1. The van der Waals surface area contributed by atoms with Gasteiger partial charge in [-0.1, -0.05) is 18.2 Å². The highest BCUT2D eigenvalue weighted by Crippen LogP contribution is 2.22. The number of benzene rings is 2. The molecular weight excluding hydrogens is 306 g/mol. The zero-order chi connectivity index (χ0) is 17.7. The van der Waals surface area contributed by atoms with Gasteiger partial charge in [-0.2, -0.15) is 0 Å². The Bertz CT molecular complexity index is 748. The lowest BCUT2D eigenvalue weighted by atomic mass is 10.1. The van der Waals surface area contributed by atoms with Crippen LogP contribution in [0.15, 0.2) is 36.4 Å². The SMILES string of the molecule is COC(=O)c1ccc(NC(=O)COc2c(C)cccc2C)c(C)c1. The molecule has 126 valence electrons. The van der Waals surface area contributed by atoms with Gasteiger partial charge in [0, 0.05) is 5.69 Å². The van der Waals surface area contributed by atoms with Crippen LogP contribution >= 0.6 is 0 Å². The summed E-state index contributed by atoms with van der Waals surface area (Å²) >= 11 is 0. The fourth-order valence-corrected chi connectivity index (χ4v) is 2.40. The number of anilines is 1. The van der Waals surface area contributed by atoms with Gasteiger partial charge in [-0.3, -0.25) is 4.79 Å². The Kier molecular flexibility index (Phi) is 5.58. The van der Waals surface area contributed by atoms with E-state index in [1.165, 1.54) is 7.11 Å². The molecule has 0 saturated heterocycles. The highest BCUT2D eigenvalue weighted by molar-refractivity contribution is 5.94. The number of hydrogen-bond donors (Lipinski definition) is 1. The molecule has 1 N–H and O–H groups in total. The van der Waals surface area contributed by atoms with Gasteiger partial charge < -0.3 is 14.8 Å². The molecule has 0 fully saturated rings. The molecule has 0 aliphatic heterocycles. The Morgan fingerprint density at radius 2 is 1.67 bits per heavy atom. The first-order valence-electron chi connectivity index (χ1n) is 7.60. The summed E-state index contributed by atoms with van der Waals surface area (Å²) in [6.07, 6.45) is 0. The summed E-state index contributed by atoms with van der Waals surface area (Å²) < 4.78 is 10.3. The van der Waals surface area contributed by atoms with Crippen LogP contribution in [0, 0.1) is 20.8 Å². The normalized spacial score (nSPS) is 10.2. The number of nitrogens with one attached hydrogen (secondary N) is 1. The van der Waals surface area contributed by atoms with E-state index >= 15 is 0 Å². The number of amides is 1. The Balaban J connectivity index is 2.01. The summed E-state index contributed by atoms with van der Waals surface area (Å²) in [7, 11) is 1.33. The van der Waals surface area contributed by atoms with Gasteiger partial charge in [0.15, 0.2) is 6.61 Å². The van der Waals surface area contributed by atoms with Gasteiger partial charge in [0.2, 0.25) is 0 Å². The number of para-hydroxylation sites is 1. The first kappa shape index (κ1) is 17.5. The van der Waals surface area contributed by atoms with Crippen LogP contribution in [-0.2, 0) is 9.53 Å². The molecule has 24 heavy (non-hydrogen) atoms. The fraction of sp³-hybridized carbons (Fsp3) is 0.263. The molecule has 0 atom stereocenters. The number of carbonyl (C=O) groups excluding carboxylic acids is 2. The van der Waals surface area contributed by atoms with Crippen LogP contribution in [0.5, 0.6) is 5.75 Å². The van der Waals surface area contributed by atoms with Crippen LogP contribution in [0.25, 0.3) is 0 Å². The quantitative estimate of drug-likeness (QED) is 0.855. The predicted molar refractivity (Wildman–Crippen MR) is 92.6 cm³/mol. The summed E-state index contributed by atoms with van der Waals surface area (Å²) in [5.74, 6) is 0.0614. The largest absolute Gasteiger partial charge is 0.483 e. The maximum atomic E-state index is 12.1. The molecule has 0 aromatic heterocycles. The van der Waals surface area contributed by atoms with Gasteiger partial charge in [0.25, 0.3) is 5.91 Å². The molecular formula is C19H21NO4. The van der Waals surface area contributed by atoms with Crippen molar-refractivity contribution in [2.75, 3.05) is 19.0 Å². The third-order valence-corrected chi connectivity index (χ3v) is 3.68. The van der Waals surface area contributed by atoms with Gasteiger partial charge in [0.1, 0.15) is 5.75 Å². The van der Waals surface area contributed by atoms with Gasteiger partial charge >= 0.3 is 5.97 Å². The Labute approximate surface area is 141 Å². The van der Waals surface area contributed by atoms with Gasteiger partial charge in [-0.15, -0.1) is 0 Å². The van der Waals surface area contributed by atoms with Crippen molar-refractivity contribution in [1.82, 2.24) is 0 Å². The Morgan fingerprint density at radius 1 is 1.00 bits per heavy atom. The number of ether oxygens (including phenoxy) is 2. The lowest BCUT2D eigenvalue weighted by Crippen LogP contribution is -2.21. The second-order valence-electron chi connectivity index (χ2n) is 5.58. The summed E-state index contributed by atoms with van der Waals surface area (Å²) in [5.41, 5.74) is 3.83. The third-order valence-electron chi connectivity index (χ3n) is 3.68. The molecule has 5 nitrogen and oxygen atoms in total. The molecule has 2 aromatic carbocycles. The first-order chi connectivity index (χ1) is 11.4. The predicted octanol–water partition coefficient (Wildman–Crippen LogP) is 3.42. The summed E-state index contributed by atoms with van der Waals surface area (Å²) in [5, 5.41) is 2.79. The van der Waals surface area contributed by atoms with Crippen LogP contribution in [0.1, 0.15) is 27.0 Å². The molecule has 0 spiro atoms. The Hall–Kier alpha value is -2.82. The van der Waals surface area contributed by atoms with Crippen molar-refractivity contribution in [3.05, 3.63) is 58.7 Å². The number of carbonyl (C=O) groups is 2. The van der Waals surface area contributed by atoms with E-state index in [4.69, 9.17) is 4.74 Å². The number of rotatable bonds is 5. The van der Waals surface area contributed by atoms with Crippen molar-refractivity contribution in [2.24, 2.45) is 0 Å². The van der Waals surface area contributed by atoms with E-state index in [-0.39, 0.29) is 12.5 Å². The van der Waals surface area contributed by atoms with Crippen molar-refractivity contribution in [3.63, 3.8) is 0 Å². The molecule has 0 aliphatic rings. The van der Waals surface area contributed by atoms with Crippen molar-refractivity contribution in [1.29, 1.82) is 0 Å². The maximum Gasteiger partial charge on any atom is 0.337 e. The van der Waals surface area contributed by atoms with Crippen molar-refractivity contribution in [3.8, 4) is 5.75 Å². The second-order valence-corrected chi connectivity index (χ2v) is 5.58. The molecule has 0 saturated carbocycles. The lowest BCUT2D eigenvalue weighted by Gasteiger charge is -2.13. The van der Waals surface area contributed by atoms with Crippen molar-refractivity contribution >= 4 is 17.6 Å². The highest BCUT2D eigenvalue weighted by Gasteiger charge is 2.11. The molecule has 0 radical (unpaired) electrons. The van der Waals surface area contributed by atoms with E-state index in [2.05, 4.69) is 10.1 Å². The maximum absolute atomic E-state index is 12.1. The molecule has 2 rings (SSSR count). The minimum atomic E-state index is -0.408. The van der Waals surface area contributed by atoms with Crippen LogP contribution in [0.4, 0.5) is 5.69 Å². The van der Waals surface area contributed by atoms with E-state index in [1.807, 2.05) is 39.0 Å². The Morgan fingerprint density at radius 3 is 2.25 bits per heavy atom.